The number of carbonyl (C=O) groups excluding carboxylic acids is 1. The second-order valence-corrected chi connectivity index (χ2v) is 4.69. The fourth-order valence-electron chi connectivity index (χ4n) is 2.12. The molecule has 0 radical (unpaired) electrons. The summed E-state index contributed by atoms with van der Waals surface area (Å²) in [6.45, 7) is 3.96. The lowest BCUT2D eigenvalue weighted by atomic mass is 9.90. The molecule has 0 fully saturated rings. The Bertz CT molecular complexity index is 530. The van der Waals surface area contributed by atoms with Crippen LogP contribution in [-0.4, -0.2) is 16.4 Å². The largest absolute Gasteiger partial charge is 0.332 e. The molecule has 0 saturated heterocycles. The fraction of sp³-hybridized carbons (Fsp3) is 0.467. The van der Waals surface area contributed by atoms with Crippen LogP contribution >= 0.6 is 0 Å². The molecule has 1 N–H and O–H groups in total. The topological polar surface area (TPSA) is 89.6 Å². The summed E-state index contributed by atoms with van der Waals surface area (Å²) >= 11 is 0. The molecule has 0 aliphatic heterocycles. The highest BCUT2D eigenvalue weighted by molar-refractivity contribution is 5.93. The first kappa shape index (κ1) is 15.7. The monoisotopic (exact) mass is 270 g/mol. The Balaban J connectivity index is 2.90. The molecule has 1 rings (SSSR count). The van der Waals surface area contributed by atoms with E-state index in [9.17, 15) is 10.1 Å². The molecule has 0 saturated carbocycles. The van der Waals surface area contributed by atoms with E-state index in [1.807, 2.05) is 19.9 Å². The van der Waals surface area contributed by atoms with Crippen LogP contribution in [0.25, 0.3) is 0 Å². The van der Waals surface area contributed by atoms with Crippen molar-refractivity contribution in [1.82, 2.24) is 10.3 Å². The van der Waals surface area contributed by atoms with Crippen LogP contribution in [-0.2, 0) is 0 Å². The molecule has 0 bridgehead atoms. The van der Waals surface area contributed by atoms with Crippen molar-refractivity contribution in [3.63, 3.8) is 0 Å². The summed E-state index contributed by atoms with van der Waals surface area (Å²) in [5.74, 6) is -0.377. The van der Waals surface area contributed by atoms with Gasteiger partial charge in [0.25, 0.3) is 5.91 Å². The summed E-state index contributed by atoms with van der Waals surface area (Å²) in [4.78, 5) is 16.1. The van der Waals surface area contributed by atoms with Crippen LogP contribution in [0.5, 0.6) is 0 Å². The van der Waals surface area contributed by atoms with Crippen molar-refractivity contribution >= 4 is 5.91 Å². The first-order valence-corrected chi connectivity index (χ1v) is 6.70. The van der Waals surface area contributed by atoms with E-state index in [-0.39, 0.29) is 11.6 Å². The van der Waals surface area contributed by atoms with Crippen molar-refractivity contribution in [3.05, 3.63) is 29.6 Å². The zero-order valence-corrected chi connectivity index (χ0v) is 11.8. The van der Waals surface area contributed by atoms with Gasteiger partial charge in [-0.15, -0.1) is 0 Å². The van der Waals surface area contributed by atoms with Crippen molar-refractivity contribution in [2.75, 3.05) is 0 Å². The predicted molar refractivity (Wildman–Crippen MR) is 74.6 cm³/mol. The van der Waals surface area contributed by atoms with Crippen LogP contribution in [0.15, 0.2) is 18.3 Å². The van der Waals surface area contributed by atoms with Crippen molar-refractivity contribution in [2.45, 2.75) is 45.1 Å². The van der Waals surface area contributed by atoms with Gasteiger partial charge in [0.1, 0.15) is 17.3 Å². The van der Waals surface area contributed by atoms with Gasteiger partial charge in [0.05, 0.1) is 11.6 Å². The third-order valence-electron chi connectivity index (χ3n) is 3.05. The second-order valence-electron chi connectivity index (χ2n) is 4.69. The summed E-state index contributed by atoms with van der Waals surface area (Å²) < 4.78 is 0. The average Bonchev–Trinajstić information content (AvgIpc) is 2.47. The van der Waals surface area contributed by atoms with Gasteiger partial charge in [0, 0.05) is 6.20 Å². The summed E-state index contributed by atoms with van der Waals surface area (Å²) in [6.07, 6.45) is 4.20. The number of pyridine rings is 1. The molecular weight excluding hydrogens is 252 g/mol. The molecule has 0 spiro atoms. The number of nitriles is 2. The number of hydrogen-bond donors (Lipinski definition) is 1. The highest BCUT2D eigenvalue weighted by Crippen LogP contribution is 2.19. The van der Waals surface area contributed by atoms with E-state index in [1.165, 1.54) is 18.3 Å². The Morgan fingerprint density at radius 3 is 2.35 bits per heavy atom. The standard InChI is InChI=1S/C15H18N4O/c1-3-7-15(11-17,8-4-2)19-14(20)13-6-5-12(9-16)10-18-13/h5-6,10H,3-4,7-8H2,1-2H3,(H,19,20). The van der Waals surface area contributed by atoms with Gasteiger partial charge in [-0.3, -0.25) is 4.79 Å². The van der Waals surface area contributed by atoms with Gasteiger partial charge in [0.15, 0.2) is 0 Å². The molecule has 0 aliphatic rings. The highest BCUT2D eigenvalue weighted by atomic mass is 16.2. The molecule has 1 aromatic rings. The van der Waals surface area contributed by atoms with E-state index in [2.05, 4.69) is 16.4 Å². The van der Waals surface area contributed by atoms with Crippen LogP contribution in [0.3, 0.4) is 0 Å². The lowest BCUT2D eigenvalue weighted by Crippen LogP contribution is -2.47. The van der Waals surface area contributed by atoms with Crippen LogP contribution in [0.1, 0.15) is 55.6 Å². The van der Waals surface area contributed by atoms with Crippen LogP contribution in [0, 0.1) is 22.7 Å². The van der Waals surface area contributed by atoms with E-state index < -0.39 is 5.54 Å². The quantitative estimate of drug-likeness (QED) is 0.860. The molecule has 1 amide bonds. The zero-order valence-electron chi connectivity index (χ0n) is 11.8. The molecule has 0 aliphatic carbocycles. The summed E-state index contributed by atoms with van der Waals surface area (Å²) in [6, 6.07) is 7.21. The maximum atomic E-state index is 12.2. The SMILES string of the molecule is CCCC(C#N)(CCC)NC(=O)c1ccc(C#N)cn1. The number of rotatable bonds is 6. The number of amides is 1. The fourth-order valence-corrected chi connectivity index (χ4v) is 2.12. The molecule has 5 heteroatoms. The first-order valence-electron chi connectivity index (χ1n) is 6.70. The molecule has 0 aromatic carbocycles. The second kappa shape index (κ2) is 7.25. The van der Waals surface area contributed by atoms with E-state index >= 15 is 0 Å². The van der Waals surface area contributed by atoms with Crippen molar-refractivity contribution in [1.29, 1.82) is 10.5 Å². The number of nitrogens with zero attached hydrogens (tertiary/aromatic N) is 3. The minimum atomic E-state index is -0.837. The number of hydrogen-bond acceptors (Lipinski definition) is 4. The maximum Gasteiger partial charge on any atom is 0.271 e. The normalized spacial score (nSPS) is 10.4. The van der Waals surface area contributed by atoms with Crippen LogP contribution in [0.4, 0.5) is 0 Å². The first-order chi connectivity index (χ1) is 9.60. The Kier molecular flexibility index (Phi) is 5.68. The van der Waals surface area contributed by atoms with Gasteiger partial charge in [-0.1, -0.05) is 26.7 Å². The average molecular weight is 270 g/mol. The number of nitrogens with one attached hydrogen (secondary N) is 1. The van der Waals surface area contributed by atoms with E-state index in [4.69, 9.17) is 5.26 Å². The lowest BCUT2D eigenvalue weighted by Gasteiger charge is -2.27. The minimum absolute atomic E-state index is 0.218. The molecule has 5 nitrogen and oxygen atoms in total. The van der Waals surface area contributed by atoms with E-state index in [0.29, 0.717) is 18.4 Å². The number of carbonyl (C=O) groups is 1. The smallest absolute Gasteiger partial charge is 0.271 e. The Hall–Kier alpha value is -2.40. The minimum Gasteiger partial charge on any atom is -0.332 e. The van der Waals surface area contributed by atoms with Crippen molar-refractivity contribution in [3.8, 4) is 12.1 Å². The van der Waals surface area contributed by atoms with E-state index in [1.54, 1.807) is 0 Å². The van der Waals surface area contributed by atoms with Crippen LogP contribution < -0.4 is 5.32 Å². The molecule has 104 valence electrons. The van der Waals surface area contributed by atoms with E-state index in [0.717, 1.165) is 12.8 Å². The van der Waals surface area contributed by atoms with Crippen molar-refractivity contribution < 1.29 is 4.79 Å². The van der Waals surface area contributed by atoms with Gasteiger partial charge in [-0.25, -0.2) is 4.98 Å². The maximum absolute atomic E-state index is 12.2. The predicted octanol–water partition coefficient (Wildman–Crippen LogP) is 2.55. The molecule has 0 unspecified atom stereocenters. The van der Waals surface area contributed by atoms with Crippen LogP contribution in [0.2, 0.25) is 0 Å². The van der Waals surface area contributed by atoms with Gasteiger partial charge in [-0.05, 0) is 25.0 Å². The molecule has 1 heterocycles. The van der Waals surface area contributed by atoms with Crippen molar-refractivity contribution in [2.24, 2.45) is 0 Å². The molecule has 20 heavy (non-hydrogen) atoms. The van der Waals surface area contributed by atoms with Gasteiger partial charge in [-0.2, -0.15) is 10.5 Å². The zero-order chi connectivity index (χ0) is 15.0. The highest BCUT2D eigenvalue weighted by Gasteiger charge is 2.30. The Labute approximate surface area is 119 Å². The molecule has 0 atom stereocenters. The molecular formula is C15H18N4O. The summed E-state index contributed by atoms with van der Waals surface area (Å²) in [5.41, 5.74) is -0.220. The third kappa shape index (κ3) is 3.80. The Morgan fingerprint density at radius 2 is 1.95 bits per heavy atom. The molecule has 1 aromatic heterocycles. The number of aromatic nitrogens is 1. The summed E-state index contributed by atoms with van der Waals surface area (Å²) in [5, 5.41) is 20.9. The lowest BCUT2D eigenvalue weighted by molar-refractivity contribution is 0.0906. The van der Waals surface area contributed by atoms with Gasteiger partial charge >= 0.3 is 0 Å². The summed E-state index contributed by atoms with van der Waals surface area (Å²) in [7, 11) is 0. The van der Waals surface area contributed by atoms with Gasteiger partial charge in [0.2, 0.25) is 0 Å². The Morgan fingerprint density at radius 1 is 1.30 bits per heavy atom. The third-order valence-corrected chi connectivity index (χ3v) is 3.05. The van der Waals surface area contributed by atoms with Gasteiger partial charge < -0.3 is 5.32 Å².